The van der Waals surface area contributed by atoms with Crippen molar-refractivity contribution in [3.05, 3.63) is 34.9 Å². The summed E-state index contributed by atoms with van der Waals surface area (Å²) in [4.78, 5) is 0. The smallest absolute Gasteiger partial charge is 0.0205 e. The average Bonchev–Trinajstić information content (AvgIpc) is 2.85. The van der Waals surface area contributed by atoms with Gasteiger partial charge in [-0.05, 0) is 62.0 Å². The van der Waals surface area contributed by atoms with Crippen molar-refractivity contribution >= 4 is 0 Å². The molecule has 1 unspecified atom stereocenters. The summed E-state index contributed by atoms with van der Waals surface area (Å²) in [6.45, 7) is 5.48. The molecule has 0 bridgehead atoms. The average molecular weight is 246 g/mol. The van der Waals surface area contributed by atoms with Gasteiger partial charge in [0.25, 0.3) is 0 Å². The standard InChI is InChI=1S/C16H26N2/c1-3-13(10-17-2)11-18-12-14-7-8-15-5-4-6-16(15)9-14/h7-9,13,17-18H,3-6,10-12H2,1-2H3. The number of rotatable bonds is 7. The van der Waals surface area contributed by atoms with E-state index in [1.807, 2.05) is 7.05 Å². The Morgan fingerprint density at radius 2 is 2.00 bits per heavy atom. The summed E-state index contributed by atoms with van der Waals surface area (Å²) in [5.41, 5.74) is 4.59. The van der Waals surface area contributed by atoms with Crippen molar-refractivity contribution in [3.63, 3.8) is 0 Å². The Morgan fingerprint density at radius 3 is 2.78 bits per heavy atom. The number of hydrogen-bond donors (Lipinski definition) is 2. The molecule has 2 N–H and O–H groups in total. The topological polar surface area (TPSA) is 24.1 Å². The van der Waals surface area contributed by atoms with Crippen molar-refractivity contribution in [3.8, 4) is 0 Å². The quantitative estimate of drug-likeness (QED) is 0.772. The Balaban J connectivity index is 1.79. The Labute approximate surface area is 111 Å². The highest BCUT2D eigenvalue weighted by Crippen LogP contribution is 2.22. The van der Waals surface area contributed by atoms with Gasteiger partial charge in [-0.25, -0.2) is 0 Å². The fraction of sp³-hybridized carbons (Fsp3) is 0.625. The Kier molecular flexibility index (Phi) is 5.21. The zero-order valence-electron chi connectivity index (χ0n) is 11.8. The second kappa shape index (κ2) is 6.91. The normalized spacial score (nSPS) is 15.7. The van der Waals surface area contributed by atoms with Crippen LogP contribution in [0.2, 0.25) is 0 Å². The molecule has 1 aliphatic carbocycles. The van der Waals surface area contributed by atoms with E-state index < -0.39 is 0 Å². The van der Waals surface area contributed by atoms with Crippen molar-refractivity contribution < 1.29 is 0 Å². The Bertz CT molecular complexity index is 373. The van der Waals surface area contributed by atoms with Crippen molar-refractivity contribution in [2.45, 2.75) is 39.2 Å². The van der Waals surface area contributed by atoms with Crippen LogP contribution in [-0.4, -0.2) is 20.1 Å². The molecule has 1 aromatic rings. The Hall–Kier alpha value is -0.860. The van der Waals surface area contributed by atoms with E-state index in [1.54, 1.807) is 11.1 Å². The second-order valence-electron chi connectivity index (χ2n) is 5.42. The third-order valence-corrected chi connectivity index (χ3v) is 4.00. The summed E-state index contributed by atoms with van der Waals surface area (Å²) in [5.74, 6) is 0.740. The molecule has 1 aliphatic rings. The van der Waals surface area contributed by atoms with Crippen LogP contribution < -0.4 is 10.6 Å². The third-order valence-electron chi connectivity index (χ3n) is 4.00. The van der Waals surface area contributed by atoms with Gasteiger partial charge in [0.05, 0.1) is 0 Å². The lowest BCUT2D eigenvalue weighted by Crippen LogP contribution is -2.29. The molecule has 0 saturated heterocycles. The van der Waals surface area contributed by atoms with Crippen LogP contribution in [-0.2, 0) is 19.4 Å². The number of hydrogen-bond acceptors (Lipinski definition) is 2. The maximum Gasteiger partial charge on any atom is 0.0205 e. The predicted octanol–water partition coefficient (Wildman–Crippen LogP) is 2.51. The summed E-state index contributed by atoms with van der Waals surface area (Å²) in [5, 5.41) is 6.85. The van der Waals surface area contributed by atoms with E-state index in [1.165, 1.54) is 31.2 Å². The minimum atomic E-state index is 0.740. The summed E-state index contributed by atoms with van der Waals surface area (Å²) in [6.07, 6.45) is 5.13. The number of benzene rings is 1. The molecule has 1 aromatic carbocycles. The Morgan fingerprint density at radius 1 is 1.17 bits per heavy atom. The van der Waals surface area contributed by atoms with E-state index in [9.17, 15) is 0 Å². The van der Waals surface area contributed by atoms with Crippen LogP contribution in [0.15, 0.2) is 18.2 Å². The number of fused-ring (bicyclic) bond motifs is 1. The maximum atomic E-state index is 3.59. The zero-order chi connectivity index (χ0) is 12.8. The molecule has 0 radical (unpaired) electrons. The highest BCUT2D eigenvalue weighted by molar-refractivity contribution is 5.35. The summed E-state index contributed by atoms with van der Waals surface area (Å²) in [7, 11) is 2.03. The fourth-order valence-corrected chi connectivity index (χ4v) is 2.81. The molecule has 0 saturated carbocycles. The first-order valence-electron chi connectivity index (χ1n) is 7.29. The lowest BCUT2D eigenvalue weighted by Gasteiger charge is -2.15. The van der Waals surface area contributed by atoms with Crippen LogP contribution in [0.25, 0.3) is 0 Å². The fourth-order valence-electron chi connectivity index (χ4n) is 2.81. The third kappa shape index (κ3) is 3.56. The molecule has 18 heavy (non-hydrogen) atoms. The summed E-state index contributed by atoms with van der Waals surface area (Å²) < 4.78 is 0. The van der Waals surface area contributed by atoms with E-state index >= 15 is 0 Å². The summed E-state index contributed by atoms with van der Waals surface area (Å²) >= 11 is 0. The molecule has 0 heterocycles. The first-order valence-corrected chi connectivity index (χ1v) is 7.29. The maximum absolute atomic E-state index is 3.59. The molecule has 100 valence electrons. The van der Waals surface area contributed by atoms with Crippen LogP contribution >= 0.6 is 0 Å². The minimum absolute atomic E-state index is 0.740. The predicted molar refractivity (Wildman–Crippen MR) is 77.9 cm³/mol. The van der Waals surface area contributed by atoms with Crippen LogP contribution in [0.4, 0.5) is 0 Å². The lowest BCUT2D eigenvalue weighted by atomic mass is 10.1. The van der Waals surface area contributed by atoms with Crippen LogP contribution in [0, 0.1) is 5.92 Å². The van der Waals surface area contributed by atoms with Gasteiger partial charge in [0.1, 0.15) is 0 Å². The van der Waals surface area contributed by atoms with Crippen molar-refractivity contribution in [2.24, 2.45) is 5.92 Å². The SMILES string of the molecule is CCC(CNC)CNCc1ccc2c(c1)CCC2. The van der Waals surface area contributed by atoms with Gasteiger partial charge in [-0.3, -0.25) is 0 Å². The molecule has 0 aliphatic heterocycles. The molecule has 0 amide bonds. The van der Waals surface area contributed by atoms with Crippen LogP contribution in [0.3, 0.4) is 0 Å². The van der Waals surface area contributed by atoms with E-state index in [-0.39, 0.29) is 0 Å². The van der Waals surface area contributed by atoms with Gasteiger partial charge >= 0.3 is 0 Å². The van der Waals surface area contributed by atoms with Crippen molar-refractivity contribution in [1.29, 1.82) is 0 Å². The first-order chi connectivity index (χ1) is 8.83. The van der Waals surface area contributed by atoms with Gasteiger partial charge in [0, 0.05) is 6.54 Å². The van der Waals surface area contributed by atoms with E-state index in [0.29, 0.717) is 0 Å². The molecule has 0 spiro atoms. The van der Waals surface area contributed by atoms with Gasteiger partial charge in [0.2, 0.25) is 0 Å². The molecular weight excluding hydrogens is 220 g/mol. The second-order valence-corrected chi connectivity index (χ2v) is 5.42. The van der Waals surface area contributed by atoms with Gasteiger partial charge < -0.3 is 10.6 Å². The minimum Gasteiger partial charge on any atom is -0.319 e. The van der Waals surface area contributed by atoms with E-state index in [0.717, 1.165) is 25.6 Å². The van der Waals surface area contributed by atoms with Gasteiger partial charge in [0.15, 0.2) is 0 Å². The monoisotopic (exact) mass is 246 g/mol. The van der Waals surface area contributed by atoms with Crippen LogP contribution in [0.5, 0.6) is 0 Å². The van der Waals surface area contributed by atoms with Gasteiger partial charge in [-0.1, -0.05) is 31.5 Å². The molecule has 2 nitrogen and oxygen atoms in total. The molecular formula is C16H26N2. The van der Waals surface area contributed by atoms with Crippen molar-refractivity contribution in [2.75, 3.05) is 20.1 Å². The number of nitrogens with one attached hydrogen (secondary N) is 2. The molecule has 2 heteroatoms. The number of aryl methyl sites for hydroxylation is 2. The summed E-state index contributed by atoms with van der Waals surface area (Å²) in [6, 6.07) is 7.01. The van der Waals surface area contributed by atoms with Gasteiger partial charge in [-0.15, -0.1) is 0 Å². The first kappa shape index (κ1) is 13.6. The largest absolute Gasteiger partial charge is 0.319 e. The van der Waals surface area contributed by atoms with Crippen molar-refractivity contribution in [1.82, 2.24) is 10.6 Å². The molecule has 2 rings (SSSR count). The highest BCUT2D eigenvalue weighted by Gasteiger charge is 2.10. The van der Waals surface area contributed by atoms with Crippen LogP contribution in [0.1, 0.15) is 36.5 Å². The molecule has 0 aromatic heterocycles. The molecule has 1 atom stereocenters. The van der Waals surface area contributed by atoms with E-state index in [2.05, 4.69) is 35.8 Å². The molecule has 0 fully saturated rings. The lowest BCUT2D eigenvalue weighted by molar-refractivity contribution is 0.445. The van der Waals surface area contributed by atoms with Gasteiger partial charge in [-0.2, -0.15) is 0 Å². The van der Waals surface area contributed by atoms with E-state index in [4.69, 9.17) is 0 Å². The highest BCUT2D eigenvalue weighted by atomic mass is 14.9. The zero-order valence-corrected chi connectivity index (χ0v) is 11.8.